The summed E-state index contributed by atoms with van der Waals surface area (Å²) in [5.74, 6) is 0.579. The van der Waals surface area contributed by atoms with E-state index in [0.29, 0.717) is 11.9 Å². The van der Waals surface area contributed by atoms with Crippen molar-refractivity contribution in [2.75, 3.05) is 19.0 Å². The first-order valence-electron chi connectivity index (χ1n) is 5.85. The zero-order valence-corrected chi connectivity index (χ0v) is 12.8. The lowest BCUT2D eigenvalue weighted by atomic mass is 10.1. The van der Waals surface area contributed by atoms with E-state index in [0.717, 1.165) is 19.7 Å². The van der Waals surface area contributed by atoms with Gasteiger partial charge in [0.1, 0.15) is 0 Å². The number of nitrogens with zero attached hydrogens (tertiary/aromatic N) is 1. The average molecular weight is 366 g/mol. The predicted octanol–water partition coefficient (Wildman–Crippen LogP) is 3.12. The summed E-state index contributed by atoms with van der Waals surface area (Å²) in [5, 5.41) is 0. The van der Waals surface area contributed by atoms with Gasteiger partial charge in [0.2, 0.25) is 0 Å². The number of rotatable bonds is 3. The third-order valence-corrected chi connectivity index (χ3v) is 4.17. The average Bonchev–Trinajstić information content (AvgIpc) is 2.35. The number of ether oxygens (including phenoxy) is 1. The molecule has 2 unspecified atom stereocenters. The van der Waals surface area contributed by atoms with E-state index in [1.54, 1.807) is 0 Å². The van der Waals surface area contributed by atoms with Crippen LogP contribution in [0.5, 0.6) is 0 Å². The Labute approximate surface area is 121 Å². The van der Waals surface area contributed by atoms with E-state index in [9.17, 15) is 0 Å². The molecule has 2 nitrogen and oxygen atoms in total. The van der Waals surface area contributed by atoms with Crippen molar-refractivity contribution in [3.63, 3.8) is 0 Å². The van der Waals surface area contributed by atoms with Gasteiger partial charge < -0.3 is 4.74 Å². The van der Waals surface area contributed by atoms with Crippen LogP contribution >= 0.6 is 34.2 Å². The van der Waals surface area contributed by atoms with Crippen LogP contribution in [0, 0.1) is 3.57 Å². The van der Waals surface area contributed by atoms with Crippen molar-refractivity contribution in [3.05, 3.63) is 33.4 Å². The smallest absolute Gasteiger partial charge is 0.0838 e. The highest BCUT2D eigenvalue weighted by molar-refractivity contribution is 14.1. The number of hydrogen-bond acceptors (Lipinski definition) is 2. The molecule has 2 rings (SSSR count). The minimum absolute atomic E-state index is 0.178. The van der Waals surface area contributed by atoms with Gasteiger partial charge in [0, 0.05) is 28.6 Å². The number of alkyl halides is 1. The minimum atomic E-state index is 0.178. The van der Waals surface area contributed by atoms with E-state index in [1.165, 1.54) is 9.13 Å². The maximum Gasteiger partial charge on any atom is 0.0838 e. The quantitative estimate of drug-likeness (QED) is 0.603. The topological polar surface area (TPSA) is 12.5 Å². The van der Waals surface area contributed by atoms with Gasteiger partial charge in [-0.2, -0.15) is 0 Å². The zero-order chi connectivity index (χ0) is 12.3. The SMILES string of the molecule is CC1COC(CCl)CN1Cc1ccc(I)cc1. The Morgan fingerprint density at radius 2 is 2.12 bits per heavy atom. The van der Waals surface area contributed by atoms with E-state index < -0.39 is 0 Å². The van der Waals surface area contributed by atoms with Crippen molar-refractivity contribution in [1.29, 1.82) is 0 Å². The molecular formula is C13H17ClINO. The molecule has 17 heavy (non-hydrogen) atoms. The van der Waals surface area contributed by atoms with Gasteiger partial charge in [0.05, 0.1) is 12.7 Å². The fraction of sp³-hybridized carbons (Fsp3) is 0.538. The molecule has 1 aromatic rings. The van der Waals surface area contributed by atoms with E-state index >= 15 is 0 Å². The molecular weight excluding hydrogens is 349 g/mol. The van der Waals surface area contributed by atoms with Gasteiger partial charge in [-0.1, -0.05) is 12.1 Å². The van der Waals surface area contributed by atoms with Gasteiger partial charge in [-0.3, -0.25) is 4.90 Å². The monoisotopic (exact) mass is 365 g/mol. The third-order valence-electron chi connectivity index (χ3n) is 3.11. The highest BCUT2D eigenvalue weighted by atomic mass is 127. The van der Waals surface area contributed by atoms with Crippen molar-refractivity contribution in [1.82, 2.24) is 4.90 Å². The van der Waals surface area contributed by atoms with Crippen LogP contribution in [0.1, 0.15) is 12.5 Å². The van der Waals surface area contributed by atoms with E-state index in [-0.39, 0.29) is 6.10 Å². The van der Waals surface area contributed by atoms with Crippen LogP contribution in [0.2, 0.25) is 0 Å². The summed E-state index contributed by atoms with van der Waals surface area (Å²) < 4.78 is 6.93. The van der Waals surface area contributed by atoms with Crippen LogP contribution in [0.15, 0.2) is 24.3 Å². The highest BCUT2D eigenvalue weighted by Crippen LogP contribution is 2.17. The van der Waals surface area contributed by atoms with Gasteiger partial charge in [0.25, 0.3) is 0 Å². The minimum Gasteiger partial charge on any atom is -0.374 e. The molecule has 2 atom stereocenters. The van der Waals surface area contributed by atoms with Crippen LogP contribution in [0.3, 0.4) is 0 Å². The highest BCUT2D eigenvalue weighted by Gasteiger charge is 2.25. The second kappa shape index (κ2) is 6.36. The first-order valence-corrected chi connectivity index (χ1v) is 7.46. The van der Waals surface area contributed by atoms with Gasteiger partial charge in [-0.25, -0.2) is 0 Å². The van der Waals surface area contributed by atoms with E-state index in [4.69, 9.17) is 16.3 Å². The molecule has 1 fully saturated rings. The second-order valence-corrected chi connectivity index (χ2v) is 6.07. The largest absolute Gasteiger partial charge is 0.374 e. The molecule has 1 aromatic carbocycles. The molecule has 4 heteroatoms. The van der Waals surface area contributed by atoms with Crippen molar-refractivity contribution < 1.29 is 4.74 Å². The molecule has 0 amide bonds. The van der Waals surface area contributed by atoms with Crippen molar-refractivity contribution in [3.8, 4) is 0 Å². The second-order valence-electron chi connectivity index (χ2n) is 4.51. The fourth-order valence-electron chi connectivity index (χ4n) is 2.01. The normalized spacial score (nSPS) is 26.1. The van der Waals surface area contributed by atoms with Gasteiger partial charge in [-0.15, -0.1) is 11.6 Å². The lowest BCUT2D eigenvalue weighted by Crippen LogP contribution is -2.48. The molecule has 0 saturated carbocycles. The van der Waals surface area contributed by atoms with Gasteiger partial charge in [-0.05, 0) is 47.2 Å². The Morgan fingerprint density at radius 1 is 1.41 bits per heavy atom. The molecule has 1 heterocycles. The first kappa shape index (κ1) is 13.6. The summed E-state index contributed by atoms with van der Waals surface area (Å²) in [7, 11) is 0. The summed E-state index contributed by atoms with van der Waals surface area (Å²) >= 11 is 8.19. The number of benzene rings is 1. The van der Waals surface area contributed by atoms with Crippen molar-refractivity contribution in [2.45, 2.75) is 25.6 Å². The Balaban J connectivity index is 1.98. The molecule has 1 aliphatic rings. The van der Waals surface area contributed by atoms with E-state index in [1.807, 2.05) is 0 Å². The Bertz CT molecular complexity index is 357. The molecule has 0 radical (unpaired) electrons. The van der Waals surface area contributed by atoms with Crippen LogP contribution in [0.4, 0.5) is 0 Å². The number of morpholine rings is 1. The summed E-state index contributed by atoms with van der Waals surface area (Å²) in [6.07, 6.45) is 0.178. The third kappa shape index (κ3) is 3.81. The number of halogens is 2. The van der Waals surface area contributed by atoms with Gasteiger partial charge >= 0.3 is 0 Å². The fourth-order valence-corrected chi connectivity index (χ4v) is 2.56. The summed E-state index contributed by atoms with van der Waals surface area (Å²) in [6.45, 7) is 4.89. The Kier molecular flexibility index (Phi) is 5.09. The van der Waals surface area contributed by atoms with Crippen LogP contribution in [-0.2, 0) is 11.3 Å². The summed E-state index contributed by atoms with van der Waals surface area (Å²) in [4.78, 5) is 2.44. The Morgan fingerprint density at radius 3 is 2.76 bits per heavy atom. The predicted molar refractivity (Wildman–Crippen MR) is 79.5 cm³/mol. The molecule has 1 saturated heterocycles. The zero-order valence-electron chi connectivity index (χ0n) is 9.90. The maximum atomic E-state index is 5.86. The first-order chi connectivity index (χ1) is 8.19. The molecule has 0 bridgehead atoms. The Hall–Kier alpha value is 0.160. The summed E-state index contributed by atoms with van der Waals surface area (Å²) in [6, 6.07) is 9.16. The van der Waals surface area contributed by atoms with Crippen molar-refractivity contribution in [2.24, 2.45) is 0 Å². The number of hydrogen-bond donors (Lipinski definition) is 0. The van der Waals surface area contributed by atoms with Crippen molar-refractivity contribution >= 4 is 34.2 Å². The van der Waals surface area contributed by atoms with Crippen LogP contribution in [0.25, 0.3) is 0 Å². The summed E-state index contributed by atoms with van der Waals surface area (Å²) in [5.41, 5.74) is 1.35. The maximum absolute atomic E-state index is 5.86. The van der Waals surface area contributed by atoms with E-state index in [2.05, 4.69) is 58.7 Å². The molecule has 0 spiro atoms. The lowest BCUT2D eigenvalue weighted by Gasteiger charge is -2.37. The molecule has 1 aliphatic heterocycles. The molecule has 94 valence electrons. The molecule has 0 aromatic heterocycles. The molecule has 0 N–H and O–H groups in total. The van der Waals surface area contributed by atoms with Crippen LogP contribution in [-0.4, -0.2) is 36.1 Å². The van der Waals surface area contributed by atoms with Gasteiger partial charge in [0.15, 0.2) is 0 Å². The molecule has 0 aliphatic carbocycles. The van der Waals surface area contributed by atoms with Crippen LogP contribution < -0.4 is 0 Å². The standard InChI is InChI=1S/C13H17ClINO/c1-10-9-17-13(6-14)8-16(10)7-11-2-4-12(15)5-3-11/h2-5,10,13H,6-9H2,1H3. The lowest BCUT2D eigenvalue weighted by molar-refractivity contribution is -0.0510.